The molecule has 1 amide bonds. The zero-order valence-corrected chi connectivity index (χ0v) is 17.9. The molecule has 0 bridgehead atoms. The van der Waals surface area contributed by atoms with Crippen LogP contribution >= 0.6 is 0 Å². The van der Waals surface area contributed by atoms with Gasteiger partial charge in [-0.3, -0.25) is 14.5 Å². The van der Waals surface area contributed by atoms with Crippen molar-refractivity contribution in [3.8, 4) is 40.3 Å². The lowest BCUT2D eigenvalue weighted by atomic mass is 10.1. The monoisotopic (exact) mass is 420 g/mol. The number of pyridine rings is 1. The number of aryl methyl sites for hydroxylation is 2. The fraction of sp³-hybridized carbons (Fsp3) is 0.261. The molecule has 8 heteroatoms. The van der Waals surface area contributed by atoms with E-state index in [9.17, 15) is 4.79 Å². The van der Waals surface area contributed by atoms with E-state index < -0.39 is 0 Å². The summed E-state index contributed by atoms with van der Waals surface area (Å²) in [6, 6.07) is 10.8. The highest BCUT2D eigenvalue weighted by molar-refractivity contribution is 5.94. The Morgan fingerprint density at radius 2 is 1.90 bits per heavy atom. The van der Waals surface area contributed by atoms with Gasteiger partial charge in [-0.25, -0.2) is 0 Å². The third-order valence-electron chi connectivity index (χ3n) is 4.45. The molecule has 1 aromatic carbocycles. The molecular weight excluding hydrogens is 396 g/mol. The van der Waals surface area contributed by atoms with Crippen LogP contribution in [0.15, 0.2) is 42.6 Å². The van der Waals surface area contributed by atoms with Crippen LogP contribution in [0, 0.1) is 18.8 Å². The van der Waals surface area contributed by atoms with Crippen molar-refractivity contribution >= 4 is 5.91 Å². The number of amides is 1. The molecule has 0 spiro atoms. The number of benzene rings is 1. The molecule has 1 N–H and O–H groups in total. The molecule has 0 saturated heterocycles. The molecule has 0 radical (unpaired) electrons. The minimum atomic E-state index is -0.277. The largest absolute Gasteiger partial charge is 0.497 e. The SMILES string of the molecule is COc1ccc(OC)c(-c2cc(C(=O)NCC#CCOc3ccc(C)nc3)n(C)n2)c1. The number of methoxy groups -OCH3 is 2. The van der Waals surface area contributed by atoms with E-state index in [2.05, 4.69) is 27.2 Å². The molecule has 0 aliphatic rings. The lowest BCUT2D eigenvalue weighted by Crippen LogP contribution is -2.25. The highest BCUT2D eigenvalue weighted by Gasteiger charge is 2.17. The summed E-state index contributed by atoms with van der Waals surface area (Å²) in [5.41, 5.74) is 2.67. The van der Waals surface area contributed by atoms with Crippen LogP contribution in [0.1, 0.15) is 16.2 Å². The van der Waals surface area contributed by atoms with Crippen LogP contribution in [0.4, 0.5) is 0 Å². The van der Waals surface area contributed by atoms with Gasteiger partial charge >= 0.3 is 0 Å². The molecule has 0 saturated carbocycles. The van der Waals surface area contributed by atoms with Crippen LogP contribution in [0.5, 0.6) is 17.2 Å². The Hall–Kier alpha value is -3.99. The number of hydrogen-bond donors (Lipinski definition) is 1. The second kappa shape index (κ2) is 10.2. The Balaban J connectivity index is 1.60. The van der Waals surface area contributed by atoms with Gasteiger partial charge in [0, 0.05) is 18.3 Å². The van der Waals surface area contributed by atoms with Crippen LogP contribution in [-0.2, 0) is 7.05 Å². The topological polar surface area (TPSA) is 87.5 Å². The van der Waals surface area contributed by atoms with Gasteiger partial charge in [0.1, 0.15) is 29.5 Å². The van der Waals surface area contributed by atoms with Gasteiger partial charge in [0.25, 0.3) is 5.91 Å². The van der Waals surface area contributed by atoms with Crippen molar-refractivity contribution in [1.82, 2.24) is 20.1 Å². The van der Waals surface area contributed by atoms with Gasteiger partial charge in [-0.05, 0) is 43.3 Å². The summed E-state index contributed by atoms with van der Waals surface area (Å²) in [5, 5.41) is 7.21. The van der Waals surface area contributed by atoms with E-state index in [0.29, 0.717) is 28.6 Å². The second-order valence-corrected chi connectivity index (χ2v) is 6.56. The van der Waals surface area contributed by atoms with Gasteiger partial charge in [-0.15, -0.1) is 0 Å². The van der Waals surface area contributed by atoms with Gasteiger partial charge in [-0.2, -0.15) is 5.10 Å². The number of aromatic nitrogens is 3. The number of carbonyl (C=O) groups is 1. The number of rotatable bonds is 7. The molecule has 3 aromatic rings. The Labute approximate surface area is 181 Å². The van der Waals surface area contributed by atoms with Crippen LogP contribution in [0.25, 0.3) is 11.3 Å². The summed E-state index contributed by atoms with van der Waals surface area (Å²) in [6.45, 7) is 2.31. The van der Waals surface area contributed by atoms with E-state index in [1.165, 1.54) is 4.68 Å². The summed E-state index contributed by atoms with van der Waals surface area (Å²) in [5.74, 6) is 7.41. The molecule has 31 heavy (non-hydrogen) atoms. The molecule has 0 atom stereocenters. The number of nitrogens with zero attached hydrogens (tertiary/aromatic N) is 3. The summed E-state index contributed by atoms with van der Waals surface area (Å²) in [4.78, 5) is 16.7. The van der Waals surface area contributed by atoms with Gasteiger partial charge in [-0.1, -0.05) is 11.8 Å². The summed E-state index contributed by atoms with van der Waals surface area (Å²) < 4.78 is 17.7. The van der Waals surface area contributed by atoms with Gasteiger partial charge in [0.05, 0.1) is 32.7 Å². The first kappa shape index (κ1) is 21.7. The first-order valence-electron chi connectivity index (χ1n) is 9.57. The lowest BCUT2D eigenvalue weighted by molar-refractivity contribution is 0.0949. The molecule has 0 aliphatic carbocycles. The summed E-state index contributed by atoms with van der Waals surface area (Å²) in [7, 11) is 4.88. The number of ether oxygens (including phenoxy) is 3. The molecule has 0 fully saturated rings. The summed E-state index contributed by atoms with van der Waals surface area (Å²) >= 11 is 0. The smallest absolute Gasteiger partial charge is 0.270 e. The maximum absolute atomic E-state index is 12.5. The quantitative estimate of drug-likeness (QED) is 0.592. The van der Waals surface area contributed by atoms with E-state index in [1.807, 2.05) is 25.1 Å². The highest BCUT2D eigenvalue weighted by atomic mass is 16.5. The van der Waals surface area contributed by atoms with Crippen LogP contribution in [-0.4, -0.2) is 48.0 Å². The molecule has 0 unspecified atom stereocenters. The maximum atomic E-state index is 12.5. The van der Waals surface area contributed by atoms with Crippen molar-refractivity contribution in [3.05, 3.63) is 54.0 Å². The predicted molar refractivity (Wildman–Crippen MR) is 116 cm³/mol. The normalized spacial score (nSPS) is 10.1. The van der Waals surface area contributed by atoms with E-state index in [4.69, 9.17) is 14.2 Å². The highest BCUT2D eigenvalue weighted by Crippen LogP contribution is 2.32. The molecule has 3 rings (SSSR count). The van der Waals surface area contributed by atoms with Crippen molar-refractivity contribution in [1.29, 1.82) is 0 Å². The van der Waals surface area contributed by atoms with E-state index in [1.54, 1.807) is 45.7 Å². The molecule has 2 aromatic heterocycles. The summed E-state index contributed by atoms with van der Waals surface area (Å²) in [6.07, 6.45) is 1.65. The van der Waals surface area contributed by atoms with E-state index >= 15 is 0 Å². The second-order valence-electron chi connectivity index (χ2n) is 6.56. The van der Waals surface area contributed by atoms with Crippen molar-refractivity contribution in [3.63, 3.8) is 0 Å². The Morgan fingerprint density at radius 3 is 2.61 bits per heavy atom. The third-order valence-corrected chi connectivity index (χ3v) is 4.45. The number of hydrogen-bond acceptors (Lipinski definition) is 6. The predicted octanol–water partition coefficient (Wildman–Crippen LogP) is 2.62. The van der Waals surface area contributed by atoms with E-state index in [-0.39, 0.29) is 19.1 Å². The van der Waals surface area contributed by atoms with Gasteiger partial charge in [0.15, 0.2) is 0 Å². The lowest BCUT2D eigenvalue weighted by Gasteiger charge is -2.08. The standard InChI is InChI=1S/C23H24N4O4/c1-16-7-8-18(15-25-16)31-12-6-5-11-24-23(28)21-14-20(26-27(21)2)19-13-17(29-3)9-10-22(19)30-4/h7-10,13-15H,11-12H2,1-4H3,(H,24,28). The van der Waals surface area contributed by atoms with Gasteiger partial charge in [0.2, 0.25) is 0 Å². The minimum absolute atomic E-state index is 0.192. The zero-order valence-electron chi connectivity index (χ0n) is 17.9. The molecule has 2 heterocycles. The Kier molecular flexibility index (Phi) is 7.12. The van der Waals surface area contributed by atoms with Crippen molar-refractivity contribution in [2.75, 3.05) is 27.4 Å². The van der Waals surface area contributed by atoms with Gasteiger partial charge < -0.3 is 19.5 Å². The van der Waals surface area contributed by atoms with Crippen molar-refractivity contribution < 1.29 is 19.0 Å². The fourth-order valence-electron chi connectivity index (χ4n) is 2.81. The minimum Gasteiger partial charge on any atom is -0.497 e. The third kappa shape index (κ3) is 5.54. The van der Waals surface area contributed by atoms with Crippen LogP contribution in [0.3, 0.4) is 0 Å². The van der Waals surface area contributed by atoms with Crippen molar-refractivity contribution in [2.24, 2.45) is 7.05 Å². The van der Waals surface area contributed by atoms with Crippen molar-refractivity contribution in [2.45, 2.75) is 6.92 Å². The maximum Gasteiger partial charge on any atom is 0.270 e. The number of nitrogens with one attached hydrogen (secondary N) is 1. The molecule has 8 nitrogen and oxygen atoms in total. The first-order valence-corrected chi connectivity index (χ1v) is 9.57. The Morgan fingerprint density at radius 1 is 1.10 bits per heavy atom. The Bertz CT molecular complexity index is 1110. The molecule has 0 aliphatic heterocycles. The average Bonchev–Trinajstić information content (AvgIpc) is 3.18. The average molecular weight is 420 g/mol. The molecule has 160 valence electrons. The fourth-order valence-corrected chi connectivity index (χ4v) is 2.81. The zero-order chi connectivity index (χ0) is 22.2. The van der Waals surface area contributed by atoms with Crippen LogP contribution < -0.4 is 19.5 Å². The van der Waals surface area contributed by atoms with Crippen LogP contribution in [0.2, 0.25) is 0 Å². The molecular formula is C23H24N4O4. The number of carbonyl (C=O) groups excluding carboxylic acids is 1. The van der Waals surface area contributed by atoms with E-state index in [0.717, 1.165) is 11.3 Å². The first-order chi connectivity index (χ1) is 15.0.